The minimum absolute atomic E-state index is 0.0268. The van der Waals surface area contributed by atoms with Crippen LogP contribution in [0.3, 0.4) is 0 Å². The van der Waals surface area contributed by atoms with Crippen LogP contribution in [-0.4, -0.2) is 28.9 Å². The lowest BCUT2D eigenvalue weighted by Gasteiger charge is -2.18. The van der Waals surface area contributed by atoms with E-state index < -0.39 is 0 Å². The van der Waals surface area contributed by atoms with E-state index in [1.165, 1.54) is 0 Å². The number of aromatic nitrogens is 1. The van der Waals surface area contributed by atoms with Gasteiger partial charge in [-0.15, -0.1) is 0 Å². The van der Waals surface area contributed by atoms with Gasteiger partial charge in [0.05, 0.1) is 12.9 Å². The Kier molecular flexibility index (Phi) is 6.60. The second-order valence-corrected chi connectivity index (χ2v) is 5.57. The molecular formula is C19H25N3O. The predicted octanol–water partition coefficient (Wildman–Crippen LogP) is 3.68. The van der Waals surface area contributed by atoms with Gasteiger partial charge in [-0.05, 0) is 24.5 Å². The van der Waals surface area contributed by atoms with E-state index in [-0.39, 0.29) is 5.56 Å². The first kappa shape index (κ1) is 17.0. The van der Waals surface area contributed by atoms with Crippen molar-refractivity contribution in [3.05, 3.63) is 64.4 Å². The molecule has 0 radical (unpaired) electrons. The fourth-order valence-electron chi connectivity index (χ4n) is 2.49. The molecule has 4 nitrogen and oxygen atoms in total. The summed E-state index contributed by atoms with van der Waals surface area (Å²) in [5.41, 5.74) is 1.07. The van der Waals surface area contributed by atoms with Gasteiger partial charge in [-0.3, -0.25) is 9.36 Å². The van der Waals surface area contributed by atoms with Crippen LogP contribution in [0.15, 0.2) is 58.3 Å². The first-order valence-electron chi connectivity index (χ1n) is 8.26. The van der Waals surface area contributed by atoms with Gasteiger partial charge in [0.25, 0.3) is 5.56 Å². The molecule has 2 aromatic rings. The van der Waals surface area contributed by atoms with Crippen molar-refractivity contribution in [2.24, 2.45) is 4.99 Å². The van der Waals surface area contributed by atoms with Crippen LogP contribution in [-0.2, 0) is 6.54 Å². The van der Waals surface area contributed by atoms with Crippen LogP contribution < -0.4 is 5.56 Å². The van der Waals surface area contributed by atoms with Crippen LogP contribution in [0, 0.1) is 0 Å². The molecule has 1 heterocycles. The Morgan fingerprint density at radius 1 is 1.00 bits per heavy atom. The zero-order valence-electron chi connectivity index (χ0n) is 14.0. The molecule has 4 heteroatoms. The average Bonchev–Trinajstić information content (AvgIpc) is 2.56. The summed E-state index contributed by atoms with van der Waals surface area (Å²) in [6.07, 6.45) is 4.03. The van der Waals surface area contributed by atoms with E-state index in [1.54, 1.807) is 16.7 Å². The molecule has 1 aromatic carbocycles. The van der Waals surface area contributed by atoms with Gasteiger partial charge < -0.3 is 4.90 Å². The summed E-state index contributed by atoms with van der Waals surface area (Å²) < 4.78 is 1.71. The van der Waals surface area contributed by atoms with E-state index in [1.807, 2.05) is 42.7 Å². The van der Waals surface area contributed by atoms with Crippen LogP contribution in [0.5, 0.6) is 0 Å². The van der Waals surface area contributed by atoms with Crippen molar-refractivity contribution in [3.8, 4) is 0 Å². The molecule has 0 bridgehead atoms. The standard InChI is InChI=1S/C19H25N3O/c1-3-13-21(14-4-2)16-20-18-11-8-12-19(23)22(18)15-17-9-6-5-7-10-17/h5-12,16H,3-4,13-15H2,1-2H3/b20-16+. The van der Waals surface area contributed by atoms with E-state index in [9.17, 15) is 4.79 Å². The molecule has 0 spiro atoms. The maximum absolute atomic E-state index is 12.2. The highest BCUT2D eigenvalue weighted by atomic mass is 16.1. The van der Waals surface area contributed by atoms with Crippen LogP contribution in [0.2, 0.25) is 0 Å². The molecule has 1 aromatic heterocycles. The van der Waals surface area contributed by atoms with E-state index in [0.717, 1.165) is 31.5 Å². The van der Waals surface area contributed by atoms with Crippen molar-refractivity contribution in [2.45, 2.75) is 33.2 Å². The summed E-state index contributed by atoms with van der Waals surface area (Å²) in [6.45, 7) is 6.81. The third-order valence-electron chi connectivity index (χ3n) is 3.59. The van der Waals surface area contributed by atoms with Gasteiger partial charge in [0.15, 0.2) is 0 Å². The predicted molar refractivity (Wildman–Crippen MR) is 96.6 cm³/mol. The molecule has 0 aliphatic rings. The Labute approximate surface area is 138 Å². The van der Waals surface area contributed by atoms with E-state index in [4.69, 9.17) is 0 Å². The molecule has 122 valence electrons. The summed E-state index contributed by atoms with van der Waals surface area (Å²) in [6, 6.07) is 15.2. The number of nitrogens with zero attached hydrogens (tertiary/aromatic N) is 3. The van der Waals surface area contributed by atoms with E-state index >= 15 is 0 Å². The molecule has 0 saturated carbocycles. The van der Waals surface area contributed by atoms with Gasteiger partial charge in [0, 0.05) is 19.2 Å². The number of hydrogen-bond acceptors (Lipinski definition) is 2. The highest BCUT2D eigenvalue weighted by Crippen LogP contribution is 2.11. The summed E-state index contributed by atoms with van der Waals surface area (Å²) >= 11 is 0. The lowest BCUT2D eigenvalue weighted by atomic mass is 10.2. The summed E-state index contributed by atoms with van der Waals surface area (Å²) in [7, 11) is 0. The molecular weight excluding hydrogens is 286 g/mol. The van der Waals surface area contributed by atoms with Crippen LogP contribution >= 0.6 is 0 Å². The van der Waals surface area contributed by atoms with E-state index in [2.05, 4.69) is 23.7 Å². The second kappa shape index (κ2) is 8.93. The van der Waals surface area contributed by atoms with Crippen molar-refractivity contribution < 1.29 is 0 Å². The van der Waals surface area contributed by atoms with Crippen LogP contribution in [0.1, 0.15) is 32.3 Å². The molecule has 0 aliphatic heterocycles. The largest absolute Gasteiger partial charge is 0.363 e. The van der Waals surface area contributed by atoms with Crippen molar-refractivity contribution in [1.82, 2.24) is 9.47 Å². The van der Waals surface area contributed by atoms with E-state index in [0.29, 0.717) is 12.4 Å². The fourth-order valence-corrected chi connectivity index (χ4v) is 2.49. The topological polar surface area (TPSA) is 37.6 Å². The van der Waals surface area contributed by atoms with Crippen molar-refractivity contribution in [3.63, 3.8) is 0 Å². The summed E-state index contributed by atoms with van der Waals surface area (Å²) in [5, 5.41) is 0. The maximum atomic E-state index is 12.2. The lowest BCUT2D eigenvalue weighted by molar-refractivity contribution is 0.428. The Balaban J connectivity index is 2.25. The Hall–Kier alpha value is -2.36. The number of aliphatic imine (C=N–C) groups is 1. The molecule has 0 saturated heterocycles. The molecule has 0 amide bonds. The molecule has 0 N–H and O–H groups in total. The lowest BCUT2D eigenvalue weighted by Crippen LogP contribution is -2.24. The number of benzene rings is 1. The zero-order chi connectivity index (χ0) is 16.5. The first-order chi connectivity index (χ1) is 11.2. The number of pyridine rings is 1. The maximum Gasteiger partial charge on any atom is 0.252 e. The molecule has 0 atom stereocenters. The van der Waals surface area contributed by atoms with Crippen LogP contribution in [0.25, 0.3) is 0 Å². The van der Waals surface area contributed by atoms with Gasteiger partial charge in [0.1, 0.15) is 5.82 Å². The van der Waals surface area contributed by atoms with Gasteiger partial charge in [-0.25, -0.2) is 4.99 Å². The quantitative estimate of drug-likeness (QED) is 0.551. The summed E-state index contributed by atoms with van der Waals surface area (Å²) in [4.78, 5) is 19.0. The third-order valence-corrected chi connectivity index (χ3v) is 3.59. The van der Waals surface area contributed by atoms with Crippen LogP contribution in [0.4, 0.5) is 5.82 Å². The third kappa shape index (κ3) is 5.09. The van der Waals surface area contributed by atoms with Crippen molar-refractivity contribution in [2.75, 3.05) is 13.1 Å². The molecule has 2 rings (SSSR count). The average molecular weight is 311 g/mol. The van der Waals surface area contributed by atoms with Gasteiger partial charge in [0.2, 0.25) is 0 Å². The summed E-state index contributed by atoms with van der Waals surface area (Å²) in [5.74, 6) is 0.693. The van der Waals surface area contributed by atoms with Crippen molar-refractivity contribution in [1.29, 1.82) is 0 Å². The highest BCUT2D eigenvalue weighted by molar-refractivity contribution is 5.59. The fraction of sp³-hybridized carbons (Fsp3) is 0.368. The Bertz CT molecular complexity index is 671. The van der Waals surface area contributed by atoms with Crippen molar-refractivity contribution >= 4 is 12.2 Å². The normalized spacial score (nSPS) is 11.0. The van der Waals surface area contributed by atoms with Gasteiger partial charge in [-0.1, -0.05) is 50.2 Å². The minimum Gasteiger partial charge on any atom is -0.363 e. The molecule has 23 heavy (non-hydrogen) atoms. The number of rotatable bonds is 8. The highest BCUT2D eigenvalue weighted by Gasteiger charge is 2.04. The molecule has 0 fully saturated rings. The zero-order valence-corrected chi connectivity index (χ0v) is 14.0. The number of hydrogen-bond donors (Lipinski definition) is 0. The Morgan fingerprint density at radius 2 is 1.70 bits per heavy atom. The molecule has 0 aliphatic carbocycles. The monoisotopic (exact) mass is 311 g/mol. The Morgan fingerprint density at radius 3 is 2.35 bits per heavy atom. The second-order valence-electron chi connectivity index (χ2n) is 5.57. The SMILES string of the molecule is CCCN(/C=N/c1cccc(=O)n1Cc1ccccc1)CCC. The minimum atomic E-state index is -0.0268. The first-order valence-corrected chi connectivity index (χ1v) is 8.26. The van der Waals surface area contributed by atoms with Gasteiger partial charge in [-0.2, -0.15) is 0 Å². The smallest absolute Gasteiger partial charge is 0.252 e. The van der Waals surface area contributed by atoms with Gasteiger partial charge >= 0.3 is 0 Å². The molecule has 0 unspecified atom stereocenters.